The molecule has 0 aliphatic carbocycles. The van der Waals surface area contributed by atoms with Crippen molar-refractivity contribution in [1.82, 2.24) is 4.98 Å². The predicted molar refractivity (Wildman–Crippen MR) is 77.4 cm³/mol. The van der Waals surface area contributed by atoms with Gasteiger partial charge in [-0.3, -0.25) is 4.79 Å². The number of hydrogen-bond acceptors (Lipinski definition) is 2. The van der Waals surface area contributed by atoms with Gasteiger partial charge in [-0.05, 0) is 31.0 Å². The van der Waals surface area contributed by atoms with E-state index in [4.69, 9.17) is 11.6 Å². The Morgan fingerprint density at radius 1 is 1.21 bits per heavy atom. The van der Waals surface area contributed by atoms with Crippen LogP contribution in [0.25, 0.3) is 0 Å². The number of rotatable bonds is 4. The molecule has 1 aromatic carbocycles. The Hall–Kier alpha value is -1.87. The minimum absolute atomic E-state index is 0.0234. The molecule has 3 nitrogen and oxygen atoms in total. The fraction of sp³-hybridized carbons (Fsp3) is 0.200. The monoisotopic (exact) mass is 274 g/mol. The number of benzene rings is 1. The van der Waals surface area contributed by atoms with E-state index in [0.29, 0.717) is 17.3 Å². The quantitative estimate of drug-likeness (QED) is 0.866. The largest absolute Gasteiger partial charge is 0.325 e. The van der Waals surface area contributed by atoms with E-state index in [1.807, 2.05) is 19.1 Å². The van der Waals surface area contributed by atoms with Crippen LogP contribution in [0.5, 0.6) is 0 Å². The Labute approximate surface area is 117 Å². The first-order chi connectivity index (χ1) is 9.13. The van der Waals surface area contributed by atoms with E-state index < -0.39 is 0 Å². The molecule has 0 saturated heterocycles. The van der Waals surface area contributed by atoms with Gasteiger partial charge in [-0.2, -0.15) is 0 Å². The number of nitrogens with one attached hydrogen (secondary N) is 1. The highest BCUT2D eigenvalue weighted by atomic mass is 35.5. The van der Waals surface area contributed by atoms with E-state index >= 15 is 0 Å². The lowest BCUT2D eigenvalue weighted by Gasteiger charge is -2.05. The van der Waals surface area contributed by atoms with Crippen LogP contribution in [-0.2, 0) is 11.2 Å². The summed E-state index contributed by atoms with van der Waals surface area (Å²) in [5.41, 5.74) is 3.05. The maximum absolute atomic E-state index is 11.8. The average molecular weight is 275 g/mol. The fourth-order valence-electron chi connectivity index (χ4n) is 1.69. The van der Waals surface area contributed by atoms with Crippen LogP contribution in [0.15, 0.2) is 42.6 Å². The topological polar surface area (TPSA) is 42.0 Å². The molecule has 2 rings (SSSR count). The molecule has 19 heavy (non-hydrogen) atoms. The minimum Gasteiger partial charge on any atom is -0.325 e. The molecule has 0 spiro atoms. The lowest BCUT2D eigenvalue weighted by molar-refractivity contribution is -0.116. The maximum atomic E-state index is 11.8. The highest BCUT2D eigenvalue weighted by molar-refractivity contribution is 6.29. The summed E-state index contributed by atoms with van der Waals surface area (Å²) in [4.78, 5) is 15.7. The molecule has 0 fully saturated rings. The summed E-state index contributed by atoms with van der Waals surface area (Å²) in [7, 11) is 0. The molecule has 1 aromatic heterocycles. The molecular formula is C15H15ClN2O. The summed E-state index contributed by atoms with van der Waals surface area (Å²) in [5.74, 6) is -0.0234. The van der Waals surface area contributed by atoms with E-state index in [-0.39, 0.29) is 5.91 Å². The Bertz CT molecular complexity index is 549. The Morgan fingerprint density at radius 2 is 1.95 bits per heavy atom. The third-order valence-electron chi connectivity index (χ3n) is 2.77. The van der Waals surface area contributed by atoms with Crippen LogP contribution in [0.3, 0.4) is 0 Å². The number of pyridine rings is 1. The second-order valence-corrected chi connectivity index (χ2v) is 4.79. The number of anilines is 1. The van der Waals surface area contributed by atoms with E-state index in [9.17, 15) is 4.79 Å². The van der Waals surface area contributed by atoms with Crippen molar-refractivity contribution in [2.24, 2.45) is 0 Å². The molecule has 1 amide bonds. The summed E-state index contributed by atoms with van der Waals surface area (Å²) < 4.78 is 0. The molecule has 1 N–H and O–H groups in total. The number of aromatic nitrogens is 1. The smallest absolute Gasteiger partial charge is 0.224 e. The van der Waals surface area contributed by atoms with Crippen molar-refractivity contribution in [3.05, 3.63) is 58.9 Å². The van der Waals surface area contributed by atoms with Gasteiger partial charge in [0.25, 0.3) is 0 Å². The van der Waals surface area contributed by atoms with Crippen molar-refractivity contribution in [3.63, 3.8) is 0 Å². The number of halogens is 1. The zero-order chi connectivity index (χ0) is 13.7. The molecule has 0 bridgehead atoms. The zero-order valence-corrected chi connectivity index (χ0v) is 11.4. The Morgan fingerprint density at radius 3 is 2.58 bits per heavy atom. The highest BCUT2D eigenvalue weighted by Crippen LogP contribution is 2.11. The van der Waals surface area contributed by atoms with Gasteiger partial charge in [0.15, 0.2) is 0 Å². The molecule has 1 heterocycles. The Kier molecular flexibility index (Phi) is 4.53. The minimum atomic E-state index is -0.0234. The van der Waals surface area contributed by atoms with Crippen molar-refractivity contribution >= 4 is 23.2 Å². The van der Waals surface area contributed by atoms with Crippen molar-refractivity contribution < 1.29 is 4.79 Å². The van der Waals surface area contributed by atoms with E-state index in [1.165, 1.54) is 5.56 Å². The summed E-state index contributed by atoms with van der Waals surface area (Å²) in [6.07, 6.45) is 2.73. The SMILES string of the molecule is Cc1ccc(CCC(=O)Nc2ccc(Cl)nc2)cc1. The summed E-state index contributed by atoms with van der Waals surface area (Å²) in [5, 5.41) is 3.21. The number of amides is 1. The van der Waals surface area contributed by atoms with Gasteiger partial charge in [-0.15, -0.1) is 0 Å². The van der Waals surface area contributed by atoms with Crippen LogP contribution in [0.1, 0.15) is 17.5 Å². The van der Waals surface area contributed by atoms with Crippen LogP contribution >= 0.6 is 11.6 Å². The Balaban J connectivity index is 1.84. The molecule has 0 radical (unpaired) electrons. The molecule has 0 aliphatic heterocycles. The lowest BCUT2D eigenvalue weighted by atomic mass is 10.1. The fourth-order valence-corrected chi connectivity index (χ4v) is 1.80. The highest BCUT2D eigenvalue weighted by Gasteiger charge is 2.03. The van der Waals surface area contributed by atoms with Crippen LogP contribution in [-0.4, -0.2) is 10.9 Å². The first kappa shape index (κ1) is 13.6. The van der Waals surface area contributed by atoms with Gasteiger partial charge in [-0.1, -0.05) is 41.4 Å². The van der Waals surface area contributed by atoms with Crippen LogP contribution in [0.4, 0.5) is 5.69 Å². The third-order valence-corrected chi connectivity index (χ3v) is 3.00. The van der Waals surface area contributed by atoms with Gasteiger partial charge in [0.2, 0.25) is 5.91 Å². The molecule has 0 aliphatic rings. The zero-order valence-electron chi connectivity index (χ0n) is 10.7. The number of aryl methyl sites for hydroxylation is 2. The van der Waals surface area contributed by atoms with Gasteiger partial charge in [0, 0.05) is 6.42 Å². The van der Waals surface area contributed by atoms with Gasteiger partial charge in [-0.25, -0.2) is 4.98 Å². The van der Waals surface area contributed by atoms with Crippen molar-refractivity contribution in [2.45, 2.75) is 19.8 Å². The standard InChI is InChI=1S/C15H15ClN2O/c1-11-2-4-12(5-3-11)6-9-15(19)18-13-7-8-14(16)17-10-13/h2-5,7-8,10H,6,9H2,1H3,(H,18,19). The normalized spacial score (nSPS) is 10.2. The van der Waals surface area contributed by atoms with Crippen LogP contribution < -0.4 is 5.32 Å². The molecule has 4 heteroatoms. The number of carbonyl (C=O) groups is 1. The van der Waals surface area contributed by atoms with Crippen molar-refractivity contribution in [3.8, 4) is 0 Å². The molecular weight excluding hydrogens is 260 g/mol. The number of hydrogen-bond donors (Lipinski definition) is 1. The molecule has 0 saturated carbocycles. The maximum Gasteiger partial charge on any atom is 0.224 e. The van der Waals surface area contributed by atoms with Crippen molar-refractivity contribution in [1.29, 1.82) is 0 Å². The first-order valence-corrected chi connectivity index (χ1v) is 6.48. The summed E-state index contributed by atoms with van der Waals surface area (Å²) in [6, 6.07) is 11.6. The second kappa shape index (κ2) is 6.34. The van der Waals surface area contributed by atoms with Gasteiger partial charge >= 0.3 is 0 Å². The molecule has 0 unspecified atom stereocenters. The predicted octanol–water partition coefficient (Wildman–Crippen LogP) is 3.61. The number of nitrogens with zero attached hydrogens (tertiary/aromatic N) is 1. The van der Waals surface area contributed by atoms with E-state index in [2.05, 4.69) is 22.4 Å². The summed E-state index contributed by atoms with van der Waals surface area (Å²) in [6.45, 7) is 2.05. The molecule has 98 valence electrons. The van der Waals surface area contributed by atoms with Gasteiger partial charge in [0.05, 0.1) is 11.9 Å². The molecule has 0 atom stereocenters. The first-order valence-electron chi connectivity index (χ1n) is 6.10. The third kappa shape index (κ3) is 4.38. The van der Waals surface area contributed by atoms with E-state index in [0.717, 1.165) is 12.0 Å². The van der Waals surface area contributed by atoms with Crippen LogP contribution in [0, 0.1) is 6.92 Å². The second-order valence-electron chi connectivity index (χ2n) is 4.40. The average Bonchev–Trinajstić information content (AvgIpc) is 2.41. The van der Waals surface area contributed by atoms with Gasteiger partial charge in [0.1, 0.15) is 5.15 Å². The van der Waals surface area contributed by atoms with Crippen molar-refractivity contribution in [2.75, 3.05) is 5.32 Å². The lowest BCUT2D eigenvalue weighted by Crippen LogP contribution is -2.12. The van der Waals surface area contributed by atoms with Gasteiger partial charge < -0.3 is 5.32 Å². The summed E-state index contributed by atoms with van der Waals surface area (Å²) >= 11 is 5.68. The van der Waals surface area contributed by atoms with Crippen LogP contribution in [0.2, 0.25) is 5.15 Å². The molecule has 2 aromatic rings. The van der Waals surface area contributed by atoms with E-state index in [1.54, 1.807) is 18.3 Å². The number of carbonyl (C=O) groups excluding carboxylic acids is 1.